The molecule has 4 N–H and O–H groups in total. The molecule has 0 heterocycles. The van der Waals surface area contributed by atoms with E-state index in [0.717, 1.165) is 17.2 Å². The van der Waals surface area contributed by atoms with Gasteiger partial charge in [0.25, 0.3) is 0 Å². The predicted octanol–water partition coefficient (Wildman–Crippen LogP) is 3.21. The topological polar surface area (TPSA) is 77.5 Å². The molecule has 2 amide bonds. The Balaban J connectivity index is 1.78. The largest absolute Gasteiger partial charge is 0.354 e. The van der Waals surface area contributed by atoms with E-state index >= 15 is 0 Å². The van der Waals surface area contributed by atoms with Crippen LogP contribution in [0.1, 0.15) is 51.5 Å². The first kappa shape index (κ1) is 19.1. The molecule has 138 valence electrons. The fourth-order valence-corrected chi connectivity index (χ4v) is 2.96. The van der Waals surface area contributed by atoms with Crippen molar-refractivity contribution in [1.82, 2.24) is 16.0 Å². The fraction of sp³-hybridized carbons (Fsp3) is 0.579. The van der Waals surface area contributed by atoms with Gasteiger partial charge in [0.1, 0.15) is 0 Å². The molecule has 25 heavy (non-hydrogen) atoms. The summed E-state index contributed by atoms with van der Waals surface area (Å²) in [6, 6.07) is 8.30. The second-order valence-corrected chi connectivity index (χ2v) is 6.86. The van der Waals surface area contributed by atoms with Crippen molar-refractivity contribution in [2.75, 3.05) is 12.4 Å². The van der Waals surface area contributed by atoms with E-state index in [1.165, 1.54) is 32.1 Å². The molecule has 6 nitrogen and oxygen atoms in total. The molecule has 0 unspecified atom stereocenters. The van der Waals surface area contributed by atoms with Gasteiger partial charge in [0.05, 0.1) is 0 Å². The maximum absolute atomic E-state index is 11.7. The molecule has 0 atom stereocenters. The van der Waals surface area contributed by atoms with Gasteiger partial charge in [-0.25, -0.2) is 4.79 Å². The van der Waals surface area contributed by atoms with Crippen LogP contribution in [-0.2, 0) is 6.54 Å². The van der Waals surface area contributed by atoms with Crippen LogP contribution in [0.15, 0.2) is 29.3 Å². The molecule has 1 aromatic rings. The van der Waals surface area contributed by atoms with Crippen LogP contribution < -0.4 is 21.3 Å². The van der Waals surface area contributed by atoms with E-state index < -0.39 is 0 Å². The third-order valence-electron chi connectivity index (χ3n) is 4.26. The van der Waals surface area contributed by atoms with Crippen LogP contribution in [0.5, 0.6) is 0 Å². The summed E-state index contributed by atoms with van der Waals surface area (Å²) in [6.45, 7) is 4.57. The van der Waals surface area contributed by atoms with E-state index in [2.05, 4.69) is 26.3 Å². The Labute approximate surface area is 150 Å². The number of nitrogens with one attached hydrogen (secondary N) is 4. The van der Waals surface area contributed by atoms with Crippen LogP contribution in [0.25, 0.3) is 0 Å². The van der Waals surface area contributed by atoms with Crippen LogP contribution in [0.3, 0.4) is 0 Å². The summed E-state index contributed by atoms with van der Waals surface area (Å²) in [5, 5.41) is 12.5. The molecular weight excluding hydrogens is 314 g/mol. The van der Waals surface area contributed by atoms with Crippen molar-refractivity contribution in [2.45, 2.75) is 64.6 Å². The molecule has 0 bridgehead atoms. The minimum atomic E-state index is -0.182. The number of benzene rings is 1. The SMILES string of the molecule is CN=C(NCc1ccc(NC(=O)NC(C)C)cc1)NC1CCCCC1. The molecule has 6 heteroatoms. The van der Waals surface area contributed by atoms with E-state index in [0.29, 0.717) is 12.6 Å². The van der Waals surface area contributed by atoms with Gasteiger partial charge in [0.15, 0.2) is 5.96 Å². The van der Waals surface area contributed by atoms with Crippen LogP contribution in [-0.4, -0.2) is 31.1 Å². The van der Waals surface area contributed by atoms with E-state index in [1.54, 1.807) is 7.05 Å². The molecule has 1 saturated carbocycles. The van der Waals surface area contributed by atoms with Crippen molar-refractivity contribution >= 4 is 17.7 Å². The number of carbonyl (C=O) groups excluding carboxylic acids is 1. The first-order valence-corrected chi connectivity index (χ1v) is 9.20. The summed E-state index contributed by atoms with van der Waals surface area (Å²) in [5.41, 5.74) is 1.92. The van der Waals surface area contributed by atoms with Crippen molar-refractivity contribution in [2.24, 2.45) is 4.99 Å². The van der Waals surface area contributed by atoms with Crippen molar-refractivity contribution in [1.29, 1.82) is 0 Å². The molecule has 1 aliphatic rings. The maximum Gasteiger partial charge on any atom is 0.319 e. The molecule has 1 aromatic carbocycles. The minimum absolute atomic E-state index is 0.117. The van der Waals surface area contributed by atoms with Crippen molar-refractivity contribution in [3.05, 3.63) is 29.8 Å². The highest BCUT2D eigenvalue weighted by molar-refractivity contribution is 5.89. The Hall–Kier alpha value is -2.24. The van der Waals surface area contributed by atoms with Gasteiger partial charge in [-0.3, -0.25) is 4.99 Å². The Bertz CT molecular complexity index is 562. The second kappa shape index (κ2) is 9.91. The average Bonchev–Trinajstić information content (AvgIpc) is 2.60. The van der Waals surface area contributed by atoms with Gasteiger partial charge in [0, 0.05) is 31.4 Å². The number of rotatable bonds is 5. The lowest BCUT2D eigenvalue weighted by Crippen LogP contribution is -2.43. The van der Waals surface area contributed by atoms with E-state index in [4.69, 9.17) is 0 Å². The van der Waals surface area contributed by atoms with Crippen LogP contribution in [0.2, 0.25) is 0 Å². The van der Waals surface area contributed by atoms with Crippen molar-refractivity contribution in [3.63, 3.8) is 0 Å². The number of anilines is 1. The average molecular weight is 345 g/mol. The first-order valence-electron chi connectivity index (χ1n) is 9.20. The van der Waals surface area contributed by atoms with E-state index in [-0.39, 0.29) is 12.1 Å². The van der Waals surface area contributed by atoms with Gasteiger partial charge in [0.2, 0.25) is 0 Å². The third kappa shape index (κ3) is 7.03. The fourth-order valence-electron chi connectivity index (χ4n) is 2.96. The van der Waals surface area contributed by atoms with Gasteiger partial charge in [-0.2, -0.15) is 0 Å². The summed E-state index contributed by atoms with van der Waals surface area (Å²) in [6.07, 6.45) is 6.39. The highest BCUT2D eigenvalue weighted by atomic mass is 16.2. The molecular formula is C19H31N5O. The number of carbonyl (C=O) groups is 1. The first-order chi connectivity index (χ1) is 12.1. The molecule has 0 aliphatic heterocycles. The Morgan fingerprint density at radius 1 is 1.16 bits per heavy atom. The monoisotopic (exact) mass is 345 g/mol. The highest BCUT2D eigenvalue weighted by Crippen LogP contribution is 2.17. The van der Waals surface area contributed by atoms with Crippen LogP contribution in [0, 0.1) is 0 Å². The Kier molecular flexibility index (Phi) is 7.57. The van der Waals surface area contributed by atoms with E-state index in [1.807, 2.05) is 38.1 Å². The molecule has 2 rings (SSSR count). The number of urea groups is 1. The molecule has 0 aromatic heterocycles. The number of amides is 2. The number of nitrogens with zero attached hydrogens (tertiary/aromatic N) is 1. The van der Waals surface area contributed by atoms with Crippen LogP contribution in [0.4, 0.5) is 10.5 Å². The lowest BCUT2D eigenvalue weighted by atomic mass is 9.96. The Morgan fingerprint density at radius 3 is 2.44 bits per heavy atom. The standard InChI is InChI=1S/C19H31N5O/c1-14(2)22-19(25)24-17-11-9-15(10-12-17)13-21-18(20-3)23-16-7-5-4-6-8-16/h9-12,14,16H,4-8,13H2,1-3H3,(H2,20,21,23)(H2,22,24,25). The minimum Gasteiger partial charge on any atom is -0.354 e. The van der Waals surface area contributed by atoms with Gasteiger partial charge in [-0.1, -0.05) is 31.4 Å². The predicted molar refractivity (Wildman–Crippen MR) is 104 cm³/mol. The Morgan fingerprint density at radius 2 is 1.84 bits per heavy atom. The molecule has 0 spiro atoms. The third-order valence-corrected chi connectivity index (χ3v) is 4.26. The van der Waals surface area contributed by atoms with Crippen LogP contribution >= 0.6 is 0 Å². The smallest absolute Gasteiger partial charge is 0.319 e. The number of hydrogen-bond acceptors (Lipinski definition) is 2. The summed E-state index contributed by atoms with van der Waals surface area (Å²) in [5.74, 6) is 0.852. The van der Waals surface area contributed by atoms with Gasteiger partial charge >= 0.3 is 6.03 Å². The summed E-state index contributed by atoms with van der Waals surface area (Å²) in [4.78, 5) is 16.0. The highest BCUT2D eigenvalue weighted by Gasteiger charge is 2.14. The van der Waals surface area contributed by atoms with E-state index in [9.17, 15) is 4.79 Å². The summed E-state index contributed by atoms with van der Waals surface area (Å²) >= 11 is 0. The zero-order valence-corrected chi connectivity index (χ0v) is 15.6. The lowest BCUT2D eigenvalue weighted by molar-refractivity contribution is 0.250. The quantitative estimate of drug-likeness (QED) is 0.489. The maximum atomic E-state index is 11.7. The molecule has 0 saturated heterocycles. The number of guanidine groups is 1. The van der Waals surface area contributed by atoms with Gasteiger partial charge in [-0.05, 0) is 44.4 Å². The summed E-state index contributed by atoms with van der Waals surface area (Å²) in [7, 11) is 1.80. The van der Waals surface area contributed by atoms with Crippen molar-refractivity contribution < 1.29 is 4.79 Å². The van der Waals surface area contributed by atoms with Crippen molar-refractivity contribution in [3.8, 4) is 0 Å². The van der Waals surface area contributed by atoms with Gasteiger partial charge < -0.3 is 21.3 Å². The molecule has 1 aliphatic carbocycles. The normalized spacial score (nSPS) is 15.8. The summed E-state index contributed by atoms with van der Waals surface area (Å²) < 4.78 is 0. The second-order valence-electron chi connectivity index (χ2n) is 6.86. The molecule has 0 radical (unpaired) electrons. The van der Waals surface area contributed by atoms with Gasteiger partial charge in [-0.15, -0.1) is 0 Å². The molecule has 1 fully saturated rings. The number of aliphatic imine (C=N–C) groups is 1. The lowest BCUT2D eigenvalue weighted by Gasteiger charge is -2.24. The zero-order chi connectivity index (χ0) is 18.1. The number of hydrogen-bond donors (Lipinski definition) is 4. The zero-order valence-electron chi connectivity index (χ0n) is 15.6.